The van der Waals surface area contributed by atoms with Crippen LogP contribution in [-0.4, -0.2) is 18.0 Å². The topological polar surface area (TPSA) is 28.4 Å². The molecule has 2 aromatic rings. The smallest absolute Gasteiger partial charge is 0.169 e. The van der Waals surface area contributed by atoms with Crippen LogP contribution in [0.4, 0.5) is 0 Å². The van der Waals surface area contributed by atoms with E-state index in [1.54, 1.807) is 0 Å². The van der Waals surface area contributed by atoms with E-state index in [0.717, 1.165) is 30.1 Å². The molecule has 0 unspecified atom stereocenters. The minimum Gasteiger partial charge on any atom is -0.453 e. The Morgan fingerprint density at radius 2 is 1.67 bits per heavy atom. The maximum atomic E-state index is 5.46. The van der Waals surface area contributed by atoms with Crippen molar-refractivity contribution in [2.45, 2.75) is 32.5 Å². The van der Waals surface area contributed by atoms with Crippen LogP contribution in [0, 0.1) is 0 Å². The van der Waals surface area contributed by atoms with E-state index in [9.17, 15) is 0 Å². The van der Waals surface area contributed by atoms with Crippen molar-refractivity contribution in [1.82, 2.24) is 10.2 Å². The fourth-order valence-electron chi connectivity index (χ4n) is 2.74. The molecule has 112 valence electrons. The Hall–Kier alpha value is -1.10. The Labute approximate surface area is 134 Å². The summed E-state index contributed by atoms with van der Waals surface area (Å²) >= 11 is 3.31. The summed E-state index contributed by atoms with van der Waals surface area (Å²) in [5.41, 5.74) is 2.72. The van der Waals surface area contributed by atoms with Gasteiger partial charge in [-0.15, -0.1) is 0 Å². The first-order valence-corrected chi connectivity index (χ1v) is 8.34. The average molecular weight is 349 g/mol. The van der Waals surface area contributed by atoms with E-state index >= 15 is 0 Å². The number of likely N-dealkylation sites (tertiary alicyclic amines) is 1. The van der Waals surface area contributed by atoms with Gasteiger partial charge >= 0.3 is 0 Å². The van der Waals surface area contributed by atoms with Crippen molar-refractivity contribution in [2.24, 2.45) is 0 Å². The molecule has 1 N–H and O–H groups in total. The highest BCUT2D eigenvalue weighted by atomic mass is 79.9. The van der Waals surface area contributed by atoms with Crippen molar-refractivity contribution < 1.29 is 4.42 Å². The van der Waals surface area contributed by atoms with Gasteiger partial charge in [0.2, 0.25) is 0 Å². The molecule has 2 heterocycles. The second kappa shape index (κ2) is 7.25. The molecule has 0 saturated carbocycles. The molecule has 3 rings (SSSR count). The highest BCUT2D eigenvalue weighted by Gasteiger charge is 2.11. The molecule has 0 aliphatic carbocycles. The van der Waals surface area contributed by atoms with Crippen molar-refractivity contribution in [2.75, 3.05) is 13.1 Å². The fourth-order valence-corrected chi connectivity index (χ4v) is 3.08. The van der Waals surface area contributed by atoms with Gasteiger partial charge in [-0.3, -0.25) is 4.90 Å². The molecule has 1 fully saturated rings. The lowest BCUT2D eigenvalue weighted by molar-refractivity contribution is 0.331. The van der Waals surface area contributed by atoms with Crippen LogP contribution >= 0.6 is 15.9 Å². The molecule has 0 radical (unpaired) electrons. The van der Waals surface area contributed by atoms with Crippen LogP contribution in [0.2, 0.25) is 0 Å². The summed E-state index contributed by atoms with van der Waals surface area (Å²) in [4.78, 5) is 2.53. The van der Waals surface area contributed by atoms with Crippen LogP contribution in [-0.2, 0) is 19.6 Å². The molecule has 1 aliphatic heterocycles. The summed E-state index contributed by atoms with van der Waals surface area (Å²) in [5, 5.41) is 3.40. The van der Waals surface area contributed by atoms with Gasteiger partial charge in [-0.05, 0) is 65.1 Å². The molecule has 1 aliphatic rings. The van der Waals surface area contributed by atoms with E-state index in [1.807, 2.05) is 12.1 Å². The van der Waals surface area contributed by atoms with Crippen molar-refractivity contribution in [1.29, 1.82) is 0 Å². The van der Waals surface area contributed by atoms with E-state index in [2.05, 4.69) is 50.4 Å². The minimum atomic E-state index is 0.751. The van der Waals surface area contributed by atoms with Crippen LogP contribution in [0.3, 0.4) is 0 Å². The van der Waals surface area contributed by atoms with E-state index in [4.69, 9.17) is 4.42 Å². The predicted molar refractivity (Wildman–Crippen MR) is 87.9 cm³/mol. The van der Waals surface area contributed by atoms with Gasteiger partial charge in [0.05, 0.1) is 6.54 Å². The molecular formula is C17H21BrN2O. The van der Waals surface area contributed by atoms with Crippen molar-refractivity contribution in [3.63, 3.8) is 0 Å². The van der Waals surface area contributed by atoms with Crippen LogP contribution in [0.1, 0.15) is 29.7 Å². The molecule has 0 amide bonds. The molecular weight excluding hydrogens is 328 g/mol. The van der Waals surface area contributed by atoms with Crippen LogP contribution in [0.5, 0.6) is 0 Å². The Balaban J connectivity index is 1.45. The Kier molecular flexibility index (Phi) is 5.12. The summed E-state index contributed by atoms with van der Waals surface area (Å²) in [6.45, 7) is 5.21. The van der Waals surface area contributed by atoms with Gasteiger partial charge in [0.15, 0.2) is 4.67 Å². The van der Waals surface area contributed by atoms with Gasteiger partial charge in [0.25, 0.3) is 0 Å². The number of rotatable bonds is 6. The second-order valence-corrected chi connectivity index (χ2v) is 6.39. The van der Waals surface area contributed by atoms with Gasteiger partial charge in [0, 0.05) is 13.1 Å². The number of nitrogens with zero attached hydrogens (tertiary/aromatic N) is 1. The second-order valence-electron chi connectivity index (χ2n) is 5.61. The molecule has 1 aromatic carbocycles. The molecule has 1 aromatic heterocycles. The molecule has 21 heavy (non-hydrogen) atoms. The molecule has 1 saturated heterocycles. The van der Waals surface area contributed by atoms with Crippen molar-refractivity contribution in [3.05, 3.63) is 58.0 Å². The zero-order valence-corrected chi connectivity index (χ0v) is 13.7. The SMILES string of the molecule is Brc1ccc(CNCc2ccc(CN3CCCC3)cc2)o1. The summed E-state index contributed by atoms with van der Waals surface area (Å²) < 4.78 is 6.25. The monoisotopic (exact) mass is 348 g/mol. The maximum Gasteiger partial charge on any atom is 0.169 e. The Morgan fingerprint density at radius 1 is 0.952 bits per heavy atom. The number of hydrogen-bond donors (Lipinski definition) is 1. The zero-order valence-electron chi connectivity index (χ0n) is 12.1. The Morgan fingerprint density at radius 3 is 2.33 bits per heavy atom. The summed E-state index contributed by atoms with van der Waals surface area (Å²) in [6.07, 6.45) is 2.70. The predicted octanol–water partition coefficient (Wildman–Crippen LogP) is 3.93. The maximum absolute atomic E-state index is 5.46. The van der Waals surface area contributed by atoms with Gasteiger partial charge in [0.1, 0.15) is 5.76 Å². The van der Waals surface area contributed by atoms with E-state index in [0.29, 0.717) is 0 Å². The van der Waals surface area contributed by atoms with Crippen molar-refractivity contribution in [3.8, 4) is 0 Å². The first-order chi connectivity index (χ1) is 10.3. The van der Waals surface area contributed by atoms with Gasteiger partial charge in [-0.25, -0.2) is 0 Å². The Bertz CT molecular complexity index is 558. The lowest BCUT2D eigenvalue weighted by atomic mass is 10.1. The van der Waals surface area contributed by atoms with Crippen molar-refractivity contribution >= 4 is 15.9 Å². The largest absolute Gasteiger partial charge is 0.453 e. The molecule has 3 nitrogen and oxygen atoms in total. The highest BCUT2D eigenvalue weighted by Crippen LogP contribution is 2.15. The summed E-state index contributed by atoms with van der Waals surface area (Å²) in [7, 11) is 0. The van der Waals surface area contributed by atoms with Crippen LogP contribution in [0.25, 0.3) is 0 Å². The first-order valence-electron chi connectivity index (χ1n) is 7.55. The van der Waals surface area contributed by atoms with Crippen LogP contribution < -0.4 is 5.32 Å². The number of nitrogens with one attached hydrogen (secondary N) is 1. The standard InChI is InChI=1S/C17H21BrN2O/c18-17-8-7-16(21-17)12-19-11-14-3-5-15(6-4-14)13-20-9-1-2-10-20/h3-8,19H,1-2,9-13H2. The molecule has 0 spiro atoms. The average Bonchev–Trinajstić information content (AvgIpc) is 3.13. The van der Waals surface area contributed by atoms with Gasteiger partial charge < -0.3 is 9.73 Å². The fraction of sp³-hybridized carbons (Fsp3) is 0.412. The zero-order chi connectivity index (χ0) is 14.5. The summed E-state index contributed by atoms with van der Waals surface area (Å²) in [6, 6.07) is 12.8. The minimum absolute atomic E-state index is 0.751. The molecule has 0 atom stereocenters. The lowest BCUT2D eigenvalue weighted by Gasteiger charge is -2.14. The van der Waals surface area contributed by atoms with Gasteiger partial charge in [-0.2, -0.15) is 0 Å². The van der Waals surface area contributed by atoms with E-state index in [1.165, 1.54) is 37.1 Å². The lowest BCUT2D eigenvalue weighted by Crippen LogP contribution is -2.18. The quantitative estimate of drug-likeness (QED) is 0.857. The third kappa shape index (κ3) is 4.43. The van der Waals surface area contributed by atoms with E-state index < -0.39 is 0 Å². The number of furan rings is 1. The van der Waals surface area contributed by atoms with E-state index in [-0.39, 0.29) is 0 Å². The third-order valence-corrected chi connectivity index (χ3v) is 4.31. The number of halogens is 1. The van der Waals surface area contributed by atoms with Crippen LogP contribution in [0.15, 0.2) is 45.5 Å². The summed E-state index contributed by atoms with van der Waals surface area (Å²) in [5.74, 6) is 0.951. The number of benzene rings is 1. The first kappa shape index (κ1) is 14.8. The van der Waals surface area contributed by atoms with Gasteiger partial charge in [-0.1, -0.05) is 24.3 Å². The highest BCUT2D eigenvalue weighted by molar-refractivity contribution is 9.10. The number of hydrogen-bond acceptors (Lipinski definition) is 3. The third-order valence-electron chi connectivity index (χ3n) is 3.89. The molecule has 4 heteroatoms. The normalized spacial score (nSPS) is 15.7. The molecule has 0 bridgehead atoms.